The maximum atomic E-state index is 13.5. The first-order chi connectivity index (χ1) is 12.5. The van der Waals surface area contributed by atoms with E-state index in [4.69, 9.17) is 4.74 Å². The Morgan fingerprint density at radius 1 is 1.19 bits per heavy atom. The van der Waals surface area contributed by atoms with E-state index in [1.165, 1.54) is 0 Å². The van der Waals surface area contributed by atoms with E-state index < -0.39 is 17.5 Å². The van der Waals surface area contributed by atoms with Crippen LogP contribution in [0.5, 0.6) is 5.75 Å². The molecule has 2 heterocycles. The van der Waals surface area contributed by atoms with E-state index >= 15 is 0 Å². The first-order valence-electron chi connectivity index (χ1n) is 7.83. The molecular weight excluding hydrogens is 342 g/mol. The van der Waals surface area contributed by atoms with Crippen molar-refractivity contribution >= 4 is 5.91 Å². The molecule has 0 fully saturated rings. The van der Waals surface area contributed by atoms with Crippen LogP contribution < -0.4 is 10.1 Å². The van der Waals surface area contributed by atoms with Crippen LogP contribution in [0.15, 0.2) is 48.9 Å². The molecule has 0 atom stereocenters. The van der Waals surface area contributed by atoms with E-state index in [9.17, 15) is 13.6 Å². The number of ether oxygens (including phenoxy) is 1. The Bertz CT molecular complexity index is 927. The minimum Gasteiger partial charge on any atom is -0.481 e. The summed E-state index contributed by atoms with van der Waals surface area (Å²) in [5, 5.41) is 2.67. The van der Waals surface area contributed by atoms with Crippen molar-refractivity contribution < 1.29 is 18.3 Å². The van der Waals surface area contributed by atoms with E-state index in [1.54, 1.807) is 24.7 Å². The smallest absolute Gasteiger partial charge is 0.258 e. The van der Waals surface area contributed by atoms with Crippen molar-refractivity contribution in [3.63, 3.8) is 0 Å². The third-order valence-corrected chi connectivity index (χ3v) is 3.62. The second kappa shape index (κ2) is 7.73. The Labute approximate surface area is 148 Å². The highest BCUT2D eigenvalue weighted by atomic mass is 19.1. The van der Waals surface area contributed by atoms with Gasteiger partial charge in [0.1, 0.15) is 17.5 Å². The van der Waals surface area contributed by atoms with Gasteiger partial charge in [-0.25, -0.2) is 18.7 Å². The molecule has 0 saturated heterocycles. The normalized spacial score (nSPS) is 10.6. The van der Waals surface area contributed by atoms with Gasteiger partial charge >= 0.3 is 0 Å². The number of hydrogen-bond donors (Lipinski definition) is 1. The highest BCUT2D eigenvalue weighted by Gasteiger charge is 2.09. The average molecular weight is 358 g/mol. The van der Waals surface area contributed by atoms with Gasteiger partial charge in [0.25, 0.3) is 5.91 Å². The lowest BCUT2D eigenvalue weighted by Crippen LogP contribution is -2.28. The summed E-state index contributed by atoms with van der Waals surface area (Å²) in [5.74, 6) is -0.674. The Morgan fingerprint density at radius 3 is 2.77 bits per heavy atom. The van der Waals surface area contributed by atoms with Crippen LogP contribution in [0, 0.1) is 18.6 Å². The van der Waals surface area contributed by atoms with Crippen molar-refractivity contribution in [2.75, 3.05) is 6.61 Å². The summed E-state index contributed by atoms with van der Waals surface area (Å²) in [6, 6.07) is 6.50. The van der Waals surface area contributed by atoms with Crippen LogP contribution in [-0.4, -0.2) is 27.0 Å². The van der Waals surface area contributed by atoms with Crippen molar-refractivity contribution in [3.8, 4) is 11.6 Å². The Hall–Kier alpha value is -3.29. The Morgan fingerprint density at radius 2 is 2.04 bits per heavy atom. The number of halogens is 2. The molecular formula is C18H16F2N4O2. The van der Waals surface area contributed by atoms with E-state index in [0.717, 1.165) is 23.5 Å². The molecule has 0 saturated carbocycles. The van der Waals surface area contributed by atoms with Gasteiger partial charge < -0.3 is 10.1 Å². The van der Waals surface area contributed by atoms with Gasteiger partial charge in [-0.3, -0.25) is 9.36 Å². The lowest BCUT2D eigenvalue weighted by atomic mass is 10.2. The van der Waals surface area contributed by atoms with Gasteiger partial charge in [-0.2, -0.15) is 0 Å². The van der Waals surface area contributed by atoms with Crippen molar-refractivity contribution in [2.45, 2.75) is 13.5 Å². The highest BCUT2D eigenvalue weighted by Crippen LogP contribution is 2.17. The molecule has 3 rings (SSSR count). The van der Waals surface area contributed by atoms with Crippen molar-refractivity contribution in [3.05, 3.63) is 71.9 Å². The van der Waals surface area contributed by atoms with Gasteiger partial charge in [-0.15, -0.1) is 0 Å². The number of amides is 1. The number of nitrogens with zero attached hydrogens (tertiary/aromatic N) is 3. The van der Waals surface area contributed by atoms with E-state index in [1.807, 2.05) is 17.6 Å². The average Bonchev–Trinajstić information content (AvgIpc) is 3.05. The molecule has 1 aromatic carbocycles. The summed E-state index contributed by atoms with van der Waals surface area (Å²) in [6.45, 7) is 1.75. The fourth-order valence-electron chi connectivity index (χ4n) is 2.31. The molecule has 1 amide bonds. The van der Waals surface area contributed by atoms with Crippen LogP contribution in [0.3, 0.4) is 0 Å². The molecule has 3 aromatic rings. The number of imidazole rings is 1. The zero-order chi connectivity index (χ0) is 18.5. The van der Waals surface area contributed by atoms with E-state index in [-0.39, 0.29) is 18.9 Å². The van der Waals surface area contributed by atoms with Gasteiger partial charge in [-0.1, -0.05) is 0 Å². The standard InChI is InChI=1S/C18H16F2N4O2/c1-12-21-6-7-24(12)17-8-13(4-5-22-17)10-23-18(25)11-26-16-3-2-14(19)9-15(16)20/h2-9H,10-11H2,1H3,(H,23,25). The van der Waals surface area contributed by atoms with Crippen LogP contribution in [0.4, 0.5) is 8.78 Å². The fraction of sp³-hybridized carbons (Fsp3) is 0.167. The molecule has 0 aliphatic rings. The molecule has 0 bridgehead atoms. The predicted octanol–water partition coefficient (Wildman–Crippen LogP) is 2.55. The monoisotopic (exact) mass is 358 g/mol. The summed E-state index contributed by atoms with van der Waals surface area (Å²) < 4.78 is 33.2. The summed E-state index contributed by atoms with van der Waals surface area (Å²) in [7, 11) is 0. The summed E-state index contributed by atoms with van der Waals surface area (Å²) in [6.07, 6.45) is 5.11. The van der Waals surface area contributed by atoms with E-state index in [0.29, 0.717) is 11.9 Å². The van der Waals surface area contributed by atoms with Gasteiger partial charge in [0.05, 0.1) is 0 Å². The molecule has 1 N–H and O–H groups in total. The molecule has 0 aliphatic heterocycles. The van der Waals surface area contributed by atoms with Crippen LogP contribution >= 0.6 is 0 Å². The zero-order valence-electron chi connectivity index (χ0n) is 13.9. The highest BCUT2D eigenvalue weighted by molar-refractivity contribution is 5.77. The Kier molecular flexibility index (Phi) is 5.21. The largest absolute Gasteiger partial charge is 0.481 e. The number of rotatable bonds is 6. The summed E-state index contributed by atoms with van der Waals surface area (Å²) in [5.41, 5.74) is 0.837. The van der Waals surface area contributed by atoms with Gasteiger partial charge in [0.2, 0.25) is 0 Å². The first kappa shape index (κ1) is 17.5. The molecule has 26 heavy (non-hydrogen) atoms. The molecule has 134 valence electrons. The van der Waals surface area contributed by atoms with E-state index in [2.05, 4.69) is 15.3 Å². The molecule has 8 heteroatoms. The molecule has 0 unspecified atom stereocenters. The number of hydrogen-bond acceptors (Lipinski definition) is 4. The molecule has 0 aliphatic carbocycles. The molecule has 0 radical (unpaired) electrons. The fourth-order valence-corrected chi connectivity index (χ4v) is 2.31. The van der Waals surface area contributed by atoms with Crippen LogP contribution in [0.2, 0.25) is 0 Å². The van der Waals surface area contributed by atoms with Crippen molar-refractivity contribution in [2.24, 2.45) is 0 Å². The molecule has 2 aromatic heterocycles. The SMILES string of the molecule is Cc1nccn1-c1cc(CNC(=O)COc2ccc(F)cc2F)ccn1. The lowest BCUT2D eigenvalue weighted by Gasteiger charge is -2.09. The number of benzene rings is 1. The van der Waals surface area contributed by atoms with Crippen LogP contribution in [0.1, 0.15) is 11.4 Å². The lowest BCUT2D eigenvalue weighted by molar-refractivity contribution is -0.123. The third kappa shape index (κ3) is 4.21. The number of nitrogens with one attached hydrogen (secondary N) is 1. The second-order valence-electron chi connectivity index (χ2n) is 5.51. The van der Waals surface area contributed by atoms with Gasteiger partial charge in [0.15, 0.2) is 18.2 Å². The van der Waals surface area contributed by atoms with Crippen molar-refractivity contribution in [1.29, 1.82) is 0 Å². The third-order valence-electron chi connectivity index (χ3n) is 3.62. The van der Waals surface area contributed by atoms with Gasteiger partial charge in [-0.05, 0) is 36.8 Å². The number of aromatic nitrogens is 3. The topological polar surface area (TPSA) is 69.0 Å². The van der Waals surface area contributed by atoms with Crippen molar-refractivity contribution in [1.82, 2.24) is 19.9 Å². The second-order valence-corrected chi connectivity index (χ2v) is 5.51. The number of carbonyl (C=O) groups excluding carboxylic acids is 1. The number of aryl methyl sites for hydroxylation is 1. The summed E-state index contributed by atoms with van der Waals surface area (Å²) >= 11 is 0. The first-order valence-corrected chi connectivity index (χ1v) is 7.83. The predicted molar refractivity (Wildman–Crippen MR) is 89.8 cm³/mol. The number of pyridine rings is 1. The maximum absolute atomic E-state index is 13.5. The minimum absolute atomic E-state index is 0.177. The molecule has 6 nitrogen and oxygen atoms in total. The quantitative estimate of drug-likeness (QED) is 0.735. The maximum Gasteiger partial charge on any atom is 0.258 e. The van der Waals surface area contributed by atoms with Gasteiger partial charge in [0, 0.05) is 31.2 Å². The van der Waals surface area contributed by atoms with Crippen LogP contribution in [0.25, 0.3) is 5.82 Å². The Balaban J connectivity index is 1.55. The summed E-state index contributed by atoms with van der Waals surface area (Å²) in [4.78, 5) is 20.3. The van der Waals surface area contributed by atoms with Crippen LogP contribution in [-0.2, 0) is 11.3 Å². The zero-order valence-corrected chi connectivity index (χ0v) is 13.9. The number of carbonyl (C=O) groups is 1. The minimum atomic E-state index is -0.854. The molecule has 0 spiro atoms.